The molecule has 0 radical (unpaired) electrons. The predicted octanol–water partition coefficient (Wildman–Crippen LogP) is 2.67. The van der Waals surface area contributed by atoms with Crippen LogP contribution in [-0.4, -0.2) is 11.1 Å². The van der Waals surface area contributed by atoms with Gasteiger partial charge in [-0.25, -0.2) is 14.3 Å². The van der Waals surface area contributed by atoms with Crippen molar-refractivity contribution < 1.29 is 18.8 Å². The van der Waals surface area contributed by atoms with Gasteiger partial charge in [-0.15, -0.1) is 0 Å². The zero-order valence-electron chi connectivity index (χ0n) is 10.6. The SMILES string of the molecule is CC(Cc1cc(F)cc(F)c1)C(C)(C)C(=O)NO. The highest BCUT2D eigenvalue weighted by Gasteiger charge is 2.33. The molecule has 1 rings (SSSR count). The Balaban J connectivity index is 2.87. The fourth-order valence-electron chi connectivity index (χ4n) is 1.71. The molecule has 3 nitrogen and oxygen atoms in total. The molecule has 0 spiro atoms. The lowest BCUT2D eigenvalue weighted by atomic mass is 9.76. The van der Waals surface area contributed by atoms with Gasteiger partial charge in [-0.3, -0.25) is 10.0 Å². The third-order valence-corrected chi connectivity index (χ3v) is 3.38. The lowest BCUT2D eigenvalue weighted by Crippen LogP contribution is -2.40. The number of hydrogen-bond donors (Lipinski definition) is 2. The number of nitrogens with one attached hydrogen (secondary N) is 1. The van der Waals surface area contributed by atoms with Gasteiger partial charge < -0.3 is 0 Å². The topological polar surface area (TPSA) is 49.3 Å². The number of amides is 1. The van der Waals surface area contributed by atoms with Gasteiger partial charge in [0.25, 0.3) is 0 Å². The van der Waals surface area contributed by atoms with Crippen LogP contribution in [0.4, 0.5) is 8.78 Å². The summed E-state index contributed by atoms with van der Waals surface area (Å²) >= 11 is 0. The highest BCUT2D eigenvalue weighted by Crippen LogP contribution is 2.30. The Morgan fingerprint density at radius 3 is 2.28 bits per heavy atom. The molecule has 1 atom stereocenters. The zero-order valence-corrected chi connectivity index (χ0v) is 10.6. The number of benzene rings is 1. The van der Waals surface area contributed by atoms with Gasteiger partial charge in [0, 0.05) is 11.5 Å². The van der Waals surface area contributed by atoms with Gasteiger partial charge in [0.2, 0.25) is 5.91 Å². The van der Waals surface area contributed by atoms with Crippen LogP contribution < -0.4 is 5.48 Å². The second-order valence-electron chi connectivity index (χ2n) is 5.05. The molecular weight excluding hydrogens is 240 g/mol. The molecule has 1 aromatic rings. The maximum absolute atomic E-state index is 13.0. The van der Waals surface area contributed by atoms with E-state index in [0.717, 1.165) is 6.07 Å². The molecule has 1 aromatic carbocycles. The predicted molar refractivity (Wildman–Crippen MR) is 62.9 cm³/mol. The van der Waals surface area contributed by atoms with E-state index in [1.165, 1.54) is 12.1 Å². The van der Waals surface area contributed by atoms with Crippen molar-refractivity contribution in [2.45, 2.75) is 27.2 Å². The van der Waals surface area contributed by atoms with E-state index >= 15 is 0 Å². The van der Waals surface area contributed by atoms with Crippen LogP contribution in [0.2, 0.25) is 0 Å². The summed E-state index contributed by atoms with van der Waals surface area (Å²) in [7, 11) is 0. The molecule has 0 saturated heterocycles. The van der Waals surface area contributed by atoms with E-state index < -0.39 is 23.0 Å². The standard InChI is InChI=1S/C13H17F2NO2/c1-8(13(2,3)12(17)16-18)4-9-5-10(14)7-11(15)6-9/h5-8,18H,4H2,1-3H3,(H,16,17). The first kappa shape index (κ1) is 14.6. The highest BCUT2D eigenvalue weighted by atomic mass is 19.1. The molecule has 0 fully saturated rings. The van der Waals surface area contributed by atoms with Crippen LogP contribution in [0.5, 0.6) is 0 Å². The van der Waals surface area contributed by atoms with Crippen molar-refractivity contribution in [3.05, 3.63) is 35.4 Å². The van der Waals surface area contributed by atoms with Crippen LogP contribution in [0.3, 0.4) is 0 Å². The van der Waals surface area contributed by atoms with Crippen LogP contribution in [0.25, 0.3) is 0 Å². The molecule has 18 heavy (non-hydrogen) atoms. The molecule has 1 unspecified atom stereocenters. The minimum Gasteiger partial charge on any atom is -0.289 e. The molecule has 0 heterocycles. The number of carbonyl (C=O) groups excluding carboxylic acids is 1. The Morgan fingerprint density at radius 2 is 1.83 bits per heavy atom. The van der Waals surface area contributed by atoms with Gasteiger partial charge in [-0.05, 0) is 30.0 Å². The van der Waals surface area contributed by atoms with Gasteiger partial charge in [0.05, 0.1) is 0 Å². The molecule has 1 amide bonds. The number of rotatable bonds is 4. The van der Waals surface area contributed by atoms with Gasteiger partial charge in [-0.1, -0.05) is 20.8 Å². The second-order valence-corrected chi connectivity index (χ2v) is 5.05. The molecule has 0 saturated carbocycles. The Kier molecular flexibility index (Phi) is 4.40. The van der Waals surface area contributed by atoms with Crippen molar-refractivity contribution in [2.75, 3.05) is 0 Å². The summed E-state index contributed by atoms with van der Waals surface area (Å²) in [5.41, 5.74) is 1.26. The first-order valence-corrected chi connectivity index (χ1v) is 5.67. The van der Waals surface area contributed by atoms with Crippen molar-refractivity contribution in [2.24, 2.45) is 11.3 Å². The Hall–Kier alpha value is -1.49. The van der Waals surface area contributed by atoms with E-state index in [-0.39, 0.29) is 5.92 Å². The maximum atomic E-state index is 13.0. The minimum absolute atomic E-state index is 0.189. The van der Waals surface area contributed by atoms with E-state index in [1.807, 2.05) is 0 Å². The van der Waals surface area contributed by atoms with Gasteiger partial charge in [0.1, 0.15) is 11.6 Å². The van der Waals surface area contributed by atoms with E-state index in [1.54, 1.807) is 26.3 Å². The summed E-state index contributed by atoms with van der Waals surface area (Å²) in [4.78, 5) is 11.5. The molecule has 0 aromatic heterocycles. The lowest BCUT2D eigenvalue weighted by Gasteiger charge is -2.29. The largest absolute Gasteiger partial charge is 0.289 e. The smallest absolute Gasteiger partial charge is 0.249 e. The summed E-state index contributed by atoms with van der Waals surface area (Å²) in [6, 6.07) is 3.29. The van der Waals surface area contributed by atoms with Crippen LogP contribution in [-0.2, 0) is 11.2 Å². The quantitative estimate of drug-likeness (QED) is 0.643. The molecule has 100 valence electrons. The van der Waals surface area contributed by atoms with Crippen LogP contribution in [0, 0.1) is 23.0 Å². The van der Waals surface area contributed by atoms with Crippen molar-refractivity contribution >= 4 is 5.91 Å². The Morgan fingerprint density at radius 1 is 1.33 bits per heavy atom. The van der Waals surface area contributed by atoms with Crippen LogP contribution in [0.1, 0.15) is 26.3 Å². The number of halogens is 2. The van der Waals surface area contributed by atoms with Gasteiger partial charge in [0.15, 0.2) is 0 Å². The second kappa shape index (κ2) is 5.44. The monoisotopic (exact) mass is 257 g/mol. The van der Waals surface area contributed by atoms with E-state index in [9.17, 15) is 13.6 Å². The average molecular weight is 257 g/mol. The van der Waals surface area contributed by atoms with E-state index in [4.69, 9.17) is 5.21 Å². The van der Waals surface area contributed by atoms with E-state index in [0.29, 0.717) is 12.0 Å². The van der Waals surface area contributed by atoms with Crippen LogP contribution >= 0.6 is 0 Å². The number of hydrogen-bond acceptors (Lipinski definition) is 2. The molecule has 0 aliphatic heterocycles. The van der Waals surface area contributed by atoms with Gasteiger partial charge in [-0.2, -0.15) is 0 Å². The molecule has 0 bridgehead atoms. The Bertz CT molecular complexity index is 426. The molecule has 2 N–H and O–H groups in total. The normalized spacial score (nSPS) is 13.2. The lowest BCUT2D eigenvalue weighted by molar-refractivity contribution is -0.140. The third kappa shape index (κ3) is 3.26. The highest BCUT2D eigenvalue weighted by molar-refractivity contribution is 5.80. The molecular formula is C13H17F2NO2. The zero-order chi connectivity index (χ0) is 13.9. The minimum atomic E-state index is -0.836. The average Bonchev–Trinajstić information content (AvgIpc) is 2.26. The van der Waals surface area contributed by atoms with E-state index in [2.05, 4.69) is 0 Å². The summed E-state index contributed by atoms with van der Waals surface area (Å²) in [6.07, 6.45) is 0.342. The summed E-state index contributed by atoms with van der Waals surface area (Å²) in [6.45, 7) is 5.12. The third-order valence-electron chi connectivity index (χ3n) is 3.38. The summed E-state index contributed by atoms with van der Waals surface area (Å²) < 4.78 is 26.1. The first-order chi connectivity index (χ1) is 8.27. The van der Waals surface area contributed by atoms with Gasteiger partial charge >= 0.3 is 0 Å². The fraction of sp³-hybridized carbons (Fsp3) is 0.462. The van der Waals surface area contributed by atoms with Crippen molar-refractivity contribution in [1.82, 2.24) is 5.48 Å². The fourth-order valence-corrected chi connectivity index (χ4v) is 1.71. The summed E-state index contributed by atoms with van der Waals surface area (Å²) in [5, 5.41) is 8.65. The summed E-state index contributed by atoms with van der Waals surface area (Å²) in [5.74, 6) is -1.99. The molecule has 0 aliphatic rings. The van der Waals surface area contributed by atoms with Crippen molar-refractivity contribution in [3.8, 4) is 0 Å². The molecule has 5 heteroatoms. The van der Waals surface area contributed by atoms with Crippen molar-refractivity contribution in [1.29, 1.82) is 0 Å². The Labute approximate surface area is 105 Å². The first-order valence-electron chi connectivity index (χ1n) is 5.67. The van der Waals surface area contributed by atoms with Crippen molar-refractivity contribution in [3.63, 3.8) is 0 Å². The van der Waals surface area contributed by atoms with Crippen LogP contribution in [0.15, 0.2) is 18.2 Å². The maximum Gasteiger partial charge on any atom is 0.249 e. The number of carbonyl (C=O) groups is 1. The number of hydroxylamine groups is 1. The molecule has 0 aliphatic carbocycles.